The van der Waals surface area contributed by atoms with Crippen molar-refractivity contribution in [3.05, 3.63) is 53.6 Å². The van der Waals surface area contributed by atoms with Crippen LogP contribution in [-0.4, -0.2) is 131 Å². The van der Waals surface area contributed by atoms with Crippen molar-refractivity contribution in [3.8, 4) is 23.0 Å². The Kier molecular flexibility index (Phi) is 12.2. The van der Waals surface area contributed by atoms with Gasteiger partial charge >= 0.3 is 5.97 Å². The molecule has 46 heavy (non-hydrogen) atoms. The number of phenols is 2. The third-order valence-corrected chi connectivity index (χ3v) is 7.68. The van der Waals surface area contributed by atoms with E-state index in [1.807, 2.05) is 0 Å². The van der Waals surface area contributed by atoms with Crippen molar-refractivity contribution in [1.29, 1.82) is 0 Å². The van der Waals surface area contributed by atoms with E-state index in [1.165, 1.54) is 45.4 Å². The Morgan fingerprint density at radius 3 is 2.26 bits per heavy atom. The first-order chi connectivity index (χ1) is 22.0. The zero-order valence-electron chi connectivity index (χ0n) is 25.4. The first-order valence-electron chi connectivity index (χ1n) is 14.5. The molecular weight excluding hydrogens is 612 g/mol. The summed E-state index contributed by atoms with van der Waals surface area (Å²) in [7, 11) is 3.02. The second-order valence-electron chi connectivity index (χ2n) is 10.8. The minimum atomic E-state index is -1.75. The largest absolute Gasteiger partial charge is 0.504 e. The average molecular weight is 653 g/mol. The summed E-state index contributed by atoms with van der Waals surface area (Å²) < 4.78 is 39.1. The number of aliphatic hydroxyl groups is 5. The third-order valence-electron chi connectivity index (χ3n) is 7.68. The molecule has 0 aromatic heterocycles. The van der Waals surface area contributed by atoms with Crippen molar-refractivity contribution >= 4 is 12.0 Å². The molecule has 0 unspecified atom stereocenters. The topological polar surface area (TPSA) is 223 Å². The number of rotatable bonds is 12. The Labute approximate surface area is 264 Å². The molecule has 254 valence electrons. The Hall–Kier alpha value is -3.51. The van der Waals surface area contributed by atoms with Gasteiger partial charge < -0.3 is 68.9 Å². The first kappa shape index (κ1) is 35.3. The van der Waals surface area contributed by atoms with Crippen LogP contribution in [0.5, 0.6) is 23.0 Å². The lowest BCUT2D eigenvalue weighted by molar-refractivity contribution is -0.357. The maximum atomic E-state index is 12.9. The van der Waals surface area contributed by atoms with Gasteiger partial charge in [0.25, 0.3) is 0 Å². The predicted octanol–water partition coefficient (Wildman–Crippen LogP) is -0.410. The van der Waals surface area contributed by atoms with Gasteiger partial charge in [-0.2, -0.15) is 0 Å². The van der Waals surface area contributed by atoms with Gasteiger partial charge in [-0.05, 0) is 54.8 Å². The number of carbonyl (C=O) groups is 1. The SMILES string of the molecule is COc1ccc(CCO[C@@H]2O[C@H](CO)[C@@H](OC(=O)C=Cc3ccc(O)c(O)c3)[C@@H](O[C@@H]3O[C@H](C)[C@H](O)[C@@H](O)[C@H]3O)[C@H]2O)cc1OC. The highest BCUT2D eigenvalue weighted by atomic mass is 16.7. The molecule has 2 saturated heterocycles. The van der Waals surface area contributed by atoms with Crippen molar-refractivity contribution in [2.75, 3.05) is 27.4 Å². The fourth-order valence-electron chi connectivity index (χ4n) is 5.07. The number of hydrogen-bond acceptors (Lipinski definition) is 15. The van der Waals surface area contributed by atoms with E-state index < -0.39 is 79.7 Å². The van der Waals surface area contributed by atoms with Gasteiger partial charge in [-0.1, -0.05) is 12.1 Å². The van der Waals surface area contributed by atoms with Crippen LogP contribution in [0.2, 0.25) is 0 Å². The quantitative estimate of drug-likeness (QED) is 0.0880. The van der Waals surface area contributed by atoms with Crippen LogP contribution in [0.1, 0.15) is 18.1 Å². The Bertz CT molecular complexity index is 1340. The van der Waals surface area contributed by atoms with Crippen molar-refractivity contribution in [3.63, 3.8) is 0 Å². The van der Waals surface area contributed by atoms with E-state index in [9.17, 15) is 40.5 Å². The number of aromatic hydroxyl groups is 2. The van der Waals surface area contributed by atoms with Gasteiger partial charge in [0, 0.05) is 6.08 Å². The maximum Gasteiger partial charge on any atom is 0.331 e. The highest BCUT2D eigenvalue weighted by Crippen LogP contribution is 2.32. The summed E-state index contributed by atoms with van der Waals surface area (Å²) in [6.07, 6.45) is -12.1. The van der Waals surface area contributed by atoms with Crippen molar-refractivity contribution in [2.45, 2.75) is 74.8 Å². The van der Waals surface area contributed by atoms with E-state index in [2.05, 4.69) is 0 Å². The second kappa shape index (κ2) is 15.9. The molecule has 2 aromatic rings. The summed E-state index contributed by atoms with van der Waals surface area (Å²) in [6, 6.07) is 9.16. The van der Waals surface area contributed by atoms with E-state index in [0.717, 1.165) is 11.6 Å². The average Bonchev–Trinajstić information content (AvgIpc) is 3.05. The molecule has 0 radical (unpaired) electrons. The Morgan fingerprint density at radius 2 is 1.59 bits per heavy atom. The molecule has 0 aliphatic carbocycles. The molecule has 10 atom stereocenters. The molecular formula is C31H40O15. The number of phenolic OH excluding ortho intramolecular Hbond substituents is 2. The van der Waals surface area contributed by atoms with E-state index in [4.69, 9.17) is 33.2 Å². The molecule has 2 heterocycles. The number of carbonyl (C=O) groups excluding carboxylic acids is 1. The van der Waals surface area contributed by atoms with Gasteiger partial charge in [0.2, 0.25) is 0 Å². The number of esters is 1. The van der Waals surface area contributed by atoms with Crippen molar-refractivity contribution in [1.82, 2.24) is 0 Å². The standard InChI is InChI=1S/C31H40O15/c1-15-24(36)25(37)26(38)31(43-15)46-29-27(39)30(42-11-10-17-5-8-20(40-2)21(13-17)41-3)44-22(14-32)28(29)45-23(35)9-6-16-4-7-18(33)19(34)12-16/h4-9,12-13,15,22,24-34,36-39H,10-11,14H2,1-3H3/t15-,22-,24+,25-,26-,27-,28-,29+,30-,31+/m1/s1. The van der Waals surface area contributed by atoms with Gasteiger partial charge in [0.1, 0.15) is 36.6 Å². The smallest absolute Gasteiger partial charge is 0.331 e. The predicted molar refractivity (Wildman–Crippen MR) is 157 cm³/mol. The van der Waals surface area contributed by atoms with Crippen LogP contribution in [0.4, 0.5) is 0 Å². The number of hydrogen-bond donors (Lipinski definition) is 7. The molecule has 7 N–H and O–H groups in total. The summed E-state index contributed by atoms with van der Waals surface area (Å²) >= 11 is 0. The van der Waals surface area contributed by atoms with Crippen LogP contribution in [0.25, 0.3) is 6.08 Å². The monoisotopic (exact) mass is 652 g/mol. The van der Waals surface area contributed by atoms with Gasteiger partial charge in [-0.15, -0.1) is 0 Å². The molecule has 2 aromatic carbocycles. The number of aliphatic hydroxyl groups excluding tert-OH is 5. The van der Waals surface area contributed by atoms with Crippen LogP contribution < -0.4 is 9.47 Å². The van der Waals surface area contributed by atoms with Gasteiger partial charge in [-0.3, -0.25) is 0 Å². The summed E-state index contributed by atoms with van der Waals surface area (Å²) in [5.74, 6) is -0.658. The third kappa shape index (κ3) is 8.25. The van der Waals surface area contributed by atoms with Crippen LogP contribution in [0, 0.1) is 0 Å². The minimum Gasteiger partial charge on any atom is -0.504 e. The molecule has 0 saturated carbocycles. The molecule has 4 rings (SSSR count). The lowest BCUT2D eigenvalue weighted by atomic mass is 9.97. The first-order valence-corrected chi connectivity index (χ1v) is 14.5. The second-order valence-corrected chi connectivity index (χ2v) is 10.8. The normalized spacial score (nSPS) is 31.5. The Morgan fingerprint density at radius 1 is 0.848 bits per heavy atom. The van der Waals surface area contributed by atoms with E-state index in [0.29, 0.717) is 23.5 Å². The molecule has 15 nitrogen and oxygen atoms in total. The number of benzene rings is 2. The van der Waals surface area contributed by atoms with Crippen LogP contribution in [-0.2, 0) is 34.9 Å². The van der Waals surface area contributed by atoms with Crippen molar-refractivity contribution < 1.29 is 73.7 Å². The summed E-state index contributed by atoms with van der Waals surface area (Å²) in [5.41, 5.74) is 1.16. The highest BCUT2D eigenvalue weighted by Gasteiger charge is 2.52. The van der Waals surface area contributed by atoms with E-state index in [-0.39, 0.29) is 12.4 Å². The molecule has 15 heteroatoms. The molecule has 2 aliphatic heterocycles. The fourth-order valence-corrected chi connectivity index (χ4v) is 5.07. The van der Waals surface area contributed by atoms with Crippen LogP contribution in [0.3, 0.4) is 0 Å². The molecule has 0 spiro atoms. The molecule has 0 bridgehead atoms. The van der Waals surface area contributed by atoms with Gasteiger partial charge in [0.15, 0.2) is 41.7 Å². The highest BCUT2D eigenvalue weighted by molar-refractivity contribution is 5.87. The summed E-state index contributed by atoms with van der Waals surface area (Å²) in [4.78, 5) is 12.9. The molecule has 2 fully saturated rings. The summed E-state index contributed by atoms with van der Waals surface area (Å²) in [6.45, 7) is 0.761. The number of ether oxygens (including phenoxy) is 7. The minimum absolute atomic E-state index is 0.0270. The lowest BCUT2D eigenvalue weighted by Crippen LogP contribution is -2.65. The molecule has 0 amide bonds. The Balaban J connectivity index is 1.52. The molecule has 2 aliphatic rings. The van der Waals surface area contributed by atoms with Crippen LogP contribution >= 0.6 is 0 Å². The summed E-state index contributed by atoms with van der Waals surface area (Å²) in [5, 5.41) is 71.7. The zero-order chi connectivity index (χ0) is 33.5. The lowest BCUT2D eigenvalue weighted by Gasteiger charge is -2.46. The van der Waals surface area contributed by atoms with Gasteiger partial charge in [-0.25, -0.2) is 4.79 Å². The van der Waals surface area contributed by atoms with Crippen LogP contribution in [0.15, 0.2) is 42.5 Å². The van der Waals surface area contributed by atoms with Crippen molar-refractivity contribution in [2.24, 2.45) is 0 Å². The maximum absolute atomic E-state index is 12.9. The fraction of sp³-hybridized carbons (Fsp3) is 0.516. The zero-order valence-corrected chi connectivity index (χ0v) is 25.4. The number of methoxy groups -OCH3 is 2. The van der Waals surface area contributed by atoms with E-state index >= 15 is 0 Å². The van der Waals surface area contributed by atoms with E-state index in [1.54, 1.807) is 18.2 Å². The van der Waals surface area contributed by atoms with Gasteiger partial charge in [0.05, 0.1) is 33.5 Å².